The summed E-state index contributed by atoms with van der Waals surface area (Å²) in [7, 11) is -2.08. The van der Waals surface area contributed by atoms with E-state index in [1.54, 1.807) is 38.3 Å². The number of nitrogens with one attached hydrogen (secondary N) is 1. The number of sulfonamides is 1. The van der Waals surface area contributed by atoms with Crippen molar-refractivity contribution in [3.63, 3.8) is 0 Å². The van der Waals surface area contributed by atoms with Crippen LogP contribution in [-0.4, -0.2) is 33.7 Å². The molecule has 0 bridgehead atoms. The van der Waals surface area contributed by atoms with Gasteiger partial charge in [-0.25, -0.2) is 8.42 Å². The molecular formula is C22H29ClN2O4S. The highest BCUT2D eigenvalue weighted by molar-refractivity contribution is 7.92. The molecular weight excluding hydrogens is 424 g/mol. The van der Waals surface area contributed by atoms with E-state index in [1.807, 2.05) is 32.0 Å². The highest BCUT2D eigenvalue weighted by Gasteiger charge is 2.32. The predicted molar refractivity (Wildman–Crippen MR) is 122 cm³/mol. The second-order valence-corrected chi connectivity index (χ2v) is 9.45. The molecule has 1 N–H and O–H groups in total. The molecule has 1 amide bonds. The Bertz CT molecular complexity index is 977. The molecule has 0 heterocycles. The van der Waals surface area contributed by atoms with Crippen LogP contribution in [-0.2, 0) is 14.8 Å². The number of benzene rings is 2. The number of carbonyl (C=O) groups excluding carboxylic acids is 1. The van der Waals surface area contributed by atoms with Gasteiger partial charge in [0.25, 0.3) is 0 Å². The third-order valence-corrected chi connectivity index (χ3v) is 6.39. The summed E-state index contributed by atoms with van der Waals surface area (Å²) in [4.78, 5) is 13.2. The molecule has 2 aromatic rings. The number of methoxy groups -OCH3 is 1. The van der Waals surface area contributed by atoms with E-state index in [0.29, 0.717) is 23.6 Å². The maximum absolute atomic E-state index is 13.2. The first-order valence-electron chi connectivity index (χ1n) is 9.82. The average molecular weight is 453 g/mol. The lowest BCUT2D eigenvalue weighted by molar-refractivity contribution is -0.123. The zero-order valence-corrected chi connectivity index (χ0v) is 19.5. The molecule has 2 aromatic carbocycles. The molecule has 6 nitrogen and oxygen atoms in total. The number of aryl methyl sites for hydroxylation is 1. The van der Waals surface area contributed by atoms with Crippen LogP contribution in [0.15, 0.2) is 42.5 Å². The molecule has 8 heteroatoms. The summed E-state index contributed by atoms with van der Waals surface area (Å²) in [5.41, 5.74) is 2.31. The molecule has 0 radical (unpaired) electrons. The number of ether oxygens (including phenoxy) is 1. The number of rotatable bonds is 9. The molecule has 0 aromatic heterocycles. The average Bonchev–Trinajstić information content (AvgIpc) is 2.70. The Morgan fingerprint density at radius 3 is 2.23 bits per heavy atom. The third-order valence-electron chi connectivity index (χ3n) is 4.96. The van der Waals surface area contributed by atoms with Crippen LogP contribution in [0.25, 0.3) is 0 Å². The van der Waals surface area contributed by atoms with Gasteiger partial charge < -0.3 is 10.1 Å². The van der Waals surface area contributed by atoms with Crippen molar-refractivity contribution in [2.45, 2.75) is 45.7 Å². The molecule has 0 aliphatic rings. The summed E-state index contributed by atoms with van der Waals surface area (Å²) >= 11 is 5.94. The zero-order chi connectivity index (χ0) is 22.5. The van der Waals surface area contributed by atoms with Crippen molar-refractivity contribution in [3.8, 4) is 5.75 Å². The van der Waals surface area contributed by atoms with Crippen LogP contribution in [0.2, 0.25) is 5.02 Å². The fraction of sp³-hybridized carbons (Fsp3) is 0.409. The lowest BCUT2D eigenvalue weighted by Gasteiger charge is -2.31. The van der Waals surface area contributed by atoms with E-state index in [9.17, 15) is 13.2 Å². The molecule has 0 spiro atoms. The Balaban J connectivity index is 2.34. The fourth-order valence-corrected chi connectivity index (χ4v) is 4.79. The van der Waals surface area contributed by atoms with Gasteiger partial charge in [0, 0.05) is 5.02 Å². The molecule has 2 rings (SSSR count). The second-order valence-electron chi connectivity index (χ2n) is 7.16. The number of halogens is 1. The summed E-state index contributed by atoms with van der Waals surface area (Å²) in [5, 5.41) is 3.51. The number of hydrogen-bond acceptors (Lipinski definition) is 4. The lowest BCUT2D eigenvalue weighted by atomic mass is 10.0. The van der Waals surface area contributed by atoms with Gasteiger partial charge >= 0.3 is 0 Å². The Morgan fingerprint density at radius 2 is 1.77 bits per heavy atom. The number of anilines is 1. The van der Waals surface area contributed by atoms with E-state index < -0.39 is 16.1 Å². The maximum Gasteiger partial charge on any atom is 0.244 e. The highest BCUT2D eigenvalue weighted by atomic mass is 35.5. The minimum atomic E-state index is -3.70. The minimum Gasteiger partial charge on any atom is -0.496 e. The fourth-order valence-electron chi connectivity index (χ4n) is 3.46. The predicted octanol–water partition coefficient (Wildman–Crippen LogP) is 4.47. The van der Waals surface area contributed by atoms with E-state index in [1.165, 1.54) is 0 Å². The van der Waals surface area contributed by atoms with E-state index in [4.69, 9.17) is 16.3 Å². The first-order valence-corrected chi connectivity index (χ1v) is 12.0. The Hall–Kier alpha value is -2.25. The monoisotopic (exact) mass is 452 g/mol. The molecule has 0 aliphatic carbocycles. The smallest absolute Gasteiger partial charge is 0.244 e. The van der Waals surface area contributed by atoms with Crippen molar-refractivity contribution in [3.05, 3.63) is 58.6 Å². The van der Waals surface area contributed by atoms with Crippen LogP contribution in [0.4, 0.5) is 5.69 Å². The Labute approximate surface area is 184 Å². The third kappa shape index (κ3) is 5.67. The van der Waals surface area contributed by atoms with Crippen LogP contribution in [0.5, 0.6) is 5.75 Å². The van der Waals surface area contributed by atoms with Crippen molar-refractivity contribution in [2.75, 3.05) is 17.7 Å². The SMILES string of the molecule is CC[C@H](C(=O)N[C@H](CC)c1ccc(OC)c(C)c1)N(c1ccc(Cl)cc1)S(C)(=O)=O. The van der Waals surface area contributed by atoms with Gasteiger partial charge in [0.15, 0.2) is 0 Å². The van der Waals surface area contributed by atoms with E-state index in [2.05, 4.69) is 5.32 Å². The van der Waals surface area contributed by atoms with E-state index in [-0.39, 0.29) is 11.9 Å². The second kappa shape index (κ2) is 10.2. The number of amides is 1. The quantitative estimate of drug-likeness (QED) is 0.609. The summed E-state index contributed by atoms with van der Waals surface area (Å²) in [6, 6.07) is 11.0. The van der Waals surface area contributed by atoms with Crippen LogP contribution in [0.1, 0.15) is 43.9 Å². The van der Waals surface area contributed by atoms with Crippen molar-refractivity contribution in [1.29, 1.82) is 0 Å². The first kappa shape index (κ1) is 24.0. The van der Waals surface area contributed by atoms with Crippen LogP contribution >= 0.6 is 11.6 Å². The van der Waals surface area contributed by atoms with Crippen molar-refractivity contribution >= 4 is 33.2 Å². The number of hydrogen-bond donors (Lipinski definition) is 1. The van der Waals surface area contributed by atoms with Crippen molar-refractivity contribution < 1.29 is 17.9 Å². The summed E-state index contributed by atoms with van der Waals surface area (Å²) in [6.07, 6.45) is 2.08. The molecule has 0 saturated carbocycles. The largest absolute Gasteiger partial charge is 0.496 e. The van der Waals surface area contributed by atoms with E-state index in [0.717, 1.165) is 27.4 Å². The zero-order valence-electron chi connectivity index (χ0n) is 18.0. The Kier molecular flexibility index (Phi) is 8.15. The van der Waals surface area contributed by atoms with Gasteiger partial charge in [0.2, 0.25) is 15.9 Å². The normalized spacial score (nSPS) is 13.4. The molecule has 0 aliphatic heterocycles. The Morgan fingerprint density at radius 1 is 1.13 bits per heavy atom. The molecule has 0 saturated heterocycles. The molecule has 0 unspecified atom stereocenters. The number of nitrogens with zero attached hydrogens (tertiary/aromatic N) is 1. The highest BCUT2D eigenvalue weighted by Crippen LogP contribution is 2.27. The molecule has 0 fully saturated rings. The van der Waals surface area contributed by atoms with Crippen molar-refractivity contribution in [1.82, 2.24) is 5.32 Å². The standard InChI is InChI=1S/C22H29ClN2O4S/c1-6-19(16-8-13-21(29-4)15(3)14-16)24-22(26)20(7-2)25(30(5,27)28)18-11-9-17(23)10-12-18/h8-14,19-20H,6-7H2,1-5H3,(H,24,26)/t19-,20-/m1/s1. The maximum atomic E-state index is 13.2. The van der Waals surface area contributed by atoms with Gasteiger partial charge in [-0.2, -0.15) is 0 Å². The van der Waals surface area contributed by atoms with Gasteiger partial charge in [-0.1, -0.05) is 37.6 Å². The van der Waals surface area contributed by atoms with Crippen LogP contribution < -0.4 is 14.4 Å². The van der Waals surface area contributed by atoms with Gasteiger partial charge in [-0.15, -0.1) is 0 Å². The summed E-state index contributed by atoms with van der Waals surface area (Å²) in [6.45, 7) is 5.70. The van der Waals surface area contributed by atoms with E-state index >= 15 is 0 Å². The number of carbonyl (C=O) groups is 1. The summed E-state index contributed by atoms with van der Waals surface area (Å²) < 4.78 is 31.6. The van der Waals surface area contributed by atoms with Gasteiger partial charge in [0.1, 0.15) is 11.8 Å². The van der Waals surface area contributed by atoms with Gasteiger partial charge in [0.05, 0.1) is 25.1 Å². The summed E-state index contributed by atoms with van der Waals surface area (Å²) in [5.74, 6) is 0.426. The van der Waals surface area contributed by atoms with Crippen LogP contribution in [0, 0.1) is 6.92 Å². The first-order chi connectivity index (χ1) is 14.1. The van der Waals surface area contributed by atoms with Crippen LogP contribution in [0.3, 0.4) is 0 Å². The molecule has 2 atom stereocenters. The lowest BCUT2D eigenvalue weighted by Crippen LogP contribution is -2.50. The topological polar surface area (TPSA) is 75.7 Å². The minimum absolute atomic E-state index is 0.247. The molecule has 30 heavy (non-hydrogen) atoms. The van der Waals surface area contributed by atoms with Gasteiger partial charge in [-0.05, 0) is 61.2 Å². The van der Waals surface area contributed by atoms with Crippen molar-refractivity contribution in [2.24, 2.45) is 0 Å². The molecule has 164 valence electrons. The van der Waals surface area contributed by atoms with Gasteiger partial charge in [-0.3, -0.25) is 9.10 Å².